The van der Waals surface area contributed by atoms with Gasteiger partial charge in [-0.3, -0.25) is 4.98 Å². The molecule has 0 saturated carbocycles. The Bertz CT molecular complexity index is 209. The third-order valence-corrected chi connectivity index (χ3v) is 2.96. The predicted octanol–water partition coefficient (Wildman–Crippen LogP) is 3.65. The van der Waals surface area contributed by atoms with Gasteiger partial charge in [0.05, 0.1) is 11.7 Å². The first-order valence-electron chi connectivity index (χ1n) is 5.33. The van der Waals surface area contributed by atoms with Gasteiger partial charge in [0, 0.05) is 13.6 Å². The van der Waals surface area contributed by atoms with E-state index in [1.54, 1.807) is 11.3 Å². The summed E-state index contributed by atoms with van der Waals surface area (Å²) >= 11 is 1.70. The van der Waals surface area contributed by atoms with Crippen molar-refractivity contribution >= 4 is 16.3 Å². The molecule has 82 valence electrons. The van der Waals surface area contributed by atoms with E-state index in [1.807, 2.05) is 25.6 Å². The third-order valence-electron chi connectivity index (χ3n) is 2.08. The molecule has 1 heterocycles. The van der Waals surface area contributed by atoms with Gasteiger partial charge < -0.3 is 4.90 Å². The van der Waals surface area contributed by atoms with Crippen molar-refractivity contribution < 1.29 is 0 Å². The summed E-state index contributed by atoms with van der Waals surface area (Å²) in [5, 5.41) is 1.26. The number of hydrogen-bond acceptors (Lipinski definition) is 3. The highest BCUT2D eigenvalue weighted by molar-refractivity contribution is 7.13. The number of hydrogen-bond donors (Lipinski definition) is 0. The minimum Gasteiger partial charge on any atom is -0.365 e. The summed E-state index contributed by atoms with van der Waals surface area (Å²) in [5.74, 6) is 0.761. The summed E-state index contributed by atoms with van der Waals surface area (Å²) in [7, 11) is 2.12. The van der Waals surface area contributed by atoms with Gasteiger partial charge in [-0.2, -0.15) is 0 Å². The Morgan fingerprint density at radius 2 is 2.14 bits per heavy atom. The van der Waals surface area contributed by atoms with Crippen molar-refractivity contribution in [3.8, 4) is 0 Å². The molecule has 0 radical (unpaired) electrons. The first-order chi connectivity index (χ1) is 6.74. The first-order valence-corrected chi connectivity index (χ1v) is 6.21. The quantitative estimate of drug-likeness (QED) is 0.760. The minimum atomic E-state index is 0.761. The smallest absolute Gasteiger partial charge is 0.111 e. The molecule has 1 unspecified atom stereocenters. The van der Waals surface area contributed by atoms with Crippen LogP contribution in [0.1, 0.15) is 34.1 Å². The molecule has 3 heteroatoms. The van der Waals surface area contributed by atoms with E-state index in [-0.39, 0.29) is 0 Å². The molecule has 1 atom stereocenters. The Morgan fingerprint density at radius 1 is 1.50 bits per heavy atom. The van der Waals surface area contributed by atoms with Crippen LogP contribution in [0.3, 0.4) is 0 Å². The number of aromatic nitrogens is 1. The molecular formula is C11H22N2S. The summed E-state index contributed by atoms with van der Waals surface area (Å²) in [5.41, 5.74) is 1.88. The van der Waals surface area contributed by atoms with Crippen molar-refractivity contribution in [1.82, 2.24) is 4.98 Å². The fourth-order valence-electron chi connectivity index (χ4n) is 1.08. The van der Waals surface area contributed by atoms with Crippen molar-refractivity contribution in [3.63, 3.8) is 0 Å². The van der Waals surface area contributed by atoms with Gasteiger partial charge in [0.1, 0.15) is 5.00 Å². The van der Waals surface area contributed by atoms with Crippen molar-refractivity contribution in [2.75, 3.05) is 18.5 Å². The molecule has 0 bridgehead atoms. The second-order valence-electron chi connectivity index (χ2n) is 3.23. The van der Waals surface area contributed by atoms with Crippen LogP contribution in [0.15, 0.2) is 11.7 Å². The lowest BCUT2D eigenvalue weighted by atomic mass is 10.1. The van der Waals surface area contributed by atoms with E-state index in [4.69, 9.17) is 0 Å². The van der Waals surface area contributed by atoms with Crippen molar-refractivity contribution in [2.45, 2.75) is 34.1 Å². The van der Waals surface area contributed by atoms with Crippen molar-refractivity contribution in [3.05, 3.63) is 11.7 Å². The van der Waals surface area contributed by atoms with Gasteiger partial charge in [0.2, 0.25) is 0 Å². The molecule has 0 fully saturated rings. The zero-order valence-corrected chi connectivity index (χ0v) is 10.8. The lowest BCUT2D eigenvalue weighted by Gasteiger charge is -2.20. The largest absolute Gasteiger partial charge is 0.365 e. The molecule has 14 heavy (non-hydrogen) atoms. The molecule has 1 aromatic rings. The fraction of sp³-hybridized carbons (Fsp3) is 0.727. The molecule has 0 aliphatic rings. The van der Waals surface area contributed by atoms with E-state index in [1.165, 1.54) is 11.4 Å². The highest BCUT2D eigenvalue weighted by Gasteiger charge is 2.05. The topological polar surface area (TPSA) is 16.1 Å². The molecule has 2 nitrogen and oxygen atoms in total. The van der Waals surface area contributed by atoms with E-state index >= 15 is 0 Å². The van der Waals surface area contributed by atoms with Crippen LogP contribution in [0.4, 0.5) is 5.00 Å². The first kappa shape index (κ1) is 13.4. The third kappa shape index (κ3) is 4.61. The summed E-state index contributed by atoms with van der Waals surface area (Å²) in [6.07, 6.45) is 3.16. The number of thiazole rings is 1. The number of nitrogens with zero attached hydrogens (tertiary/aromatic N) is 2. The van der Waals surface area contributed by atoms with Gasteiger partial charge in [0.25, 0.3) is 0 Å². The van der Waals surface area contributed by atoms with E-state index in [9.17, 15) is 0 Å². The van der Waals surface area contributed by atoms with Crippen LogP contribution in [0.5, 0.6) is 0 Å². The highest BCUT2D eigenvalue weighted by atomic mass is 32.1. The summed E-state index contributed by atoms with van der Waals surface area (Å²) in [4.78, 5) is 6.32. The molecule has 0 aliphatic carbocycles. The highest BCUT2D eigenvalue weighted by Crippen LogP contribution is 2.18. The predicted molar refractivity (Wildman–Crippen MR) is 66.2 cm³/mol. The van der Waals surface area contributed by atoms with Gasteiger partial charge in [-0.25, -0.2) is 0 Å². The summed E-state index contributed by atoms with van der Waals surface area (Å²) in [6.45, 7) is 9.63. The lowest BCUT2D eigenvalue weighted by molar-refractivity contribution is 0.561. The average Bonchev–Trinajstić information content (AvgIpc) is 2.73. The molecule has 0 N–H and O–H groups in total. The maximum atomic E-state index is 4.05. The van der Waals surface area contributed by atoms with Crippen LogP contribution in [0.2, 0.25) is 0 Å². The van der Waals surface area contributed by atoms with E-state index in [2.05, 4.69) is 30.8 Å². The van der Waals surface area contributed by atoms with Gasteiger partial charge in [-0.05, 0) is 5.92 Å². The zero-order valence-electron chi connectivity index (χ0n) is 9.95. The Labute approximate surface area is 92.0 Å². The second-order valence-corrected chi connectivity index (χ2v) is 4.10. The normalized spacial score (nSPS) is 11.5. The molecular weight excluding hydrogens is 192 g/mol. The van der Waals surface area contributed by atoms with Crippen LogP contribution >= 0.6 is 11.3 Å². The molecule has 0 amide bonds. The summed E-state index contributed by atoms with van der Waals surface area (Å²) < 4.78 is 0. The Balaban J connectivity index is 0.000000791. The molecule has 0 saturated heterocycles. The summed E-state index contributed by atoms with van der Waals surface area (Å²) in [6, 6.07) is 0. The number of anilines is 1. The molecule has 1 rings (SSSR count). The van der Waals surface area contributed by atoms with Crippen LogP contribution in [0, 0.1) is 5.92 Å². The Hall–Kier alpha value is -0.570. The van der Waals surface area contributed by atoms with Crippen LogP contribution < -0.4 is 4.90 Å². The second kappa shape index (κ2) is 7.80. The van der Waals surface area contributed by atoms with Gasteiger partial charge >= 0.3 is 0 Å². The van der Waals surface area contributed by atoms with Gasteiger partial charge in [-0.15, -0.1) is 11.3 Å². The van der Waals surface area contributed by atoms with Crippen LogP contribution in [-0.4, -0.2) is 18.6 Å². The van der Waals surface area contributed by atoms with Gasteiger partial charge in [0.15, 0.2) is 0 Å². The molecule has 0 aromatic carbocycles. The minimum absolute atomic E-state index is 0.761. The van der Waals surface area contributed by atoms with Crippen LogP contribution in [0.25, 0.3) is 0 Å². The van der Waals surface area contributed by atoms with E-state index in [0.29, 0.717) is 0 Å². The van der Waals surface area contributed by atoms with Crippen LogP contribution in [-0.2, 0) is 0 Å². The van der Waals surface area contributed by atoms with E-state index < -0.39 is 0 Å². The van der Waals surface area contributed by atoms with Gasteiger partial charge in [-0.1, -0.05) is 34.1 Å². The monoisotopic (exact) mass is 214 g/mol. The molecule has 0 aliphatic heterocycles. The Morgan fingerprint density at radius 3 is 2.57 bits per heavy atom. The standard InChI is InChI=1S/C9H16N2S.C2H6/c1-4-8(2)6-11(3)9-5-10-7-12-9;1-2/h5,7-8H,4,6H2,1-3H3;1-2H3. The fourth-order valence-corrected chi connectivity index (χ4v) is 1.69. The van der Waals surface area contributed by atoms with E-state index in [0.717, 1.165) is 12.5 Å². The SMILES string of the molecule is CC.CCC(C)CN(C)c1cncs1. The zero-order chi connectivity index (χ0) is 11.0. The maximum Gasteiger partial charge on any atom is 0.111 e. The average molecular weight is 214 g/mol. The Kier molecular flexibility index (Phi) is 7.48. The lowest BCUT2D eigenvalue weighted by Crippen LogP contribution is -2.22. The molecule has 0 spiro atoms. The number of rotatable bonds is 4. The molecule has 1 aromatic heterocycles. The van der Waals surface area contributed by atoms with Crippen molar-refractivity contribution in [1.29, 1.82) is 0 Å². The maximum absolute atomic E-state index is 4.05. The van der Waals surface area contributed by atoms with Crippen molar-refractivity contribution in [2.24, 2.45) is 5.92 Å².